The van der Waals surface area contributed by atoms with Crippen molar-refractivity contribution >= 4 is 17.4 Å². The van der Waals surface area contributed by atoms with Crippen LogP contribution in [0.4, 0.5) is 5.69 Å². The Morgan fingerprint density at radius 3 is 3.00 bits per heavy atom. The predicted molar refractivity (Wildman–Crippen MR) is 82.9 cm³/mol. The molecule has 19 heavy (non-hydrogen) atoms. The van der Waals surface area contributed by atoms with E-state index in [1.165, 1.54) is 29.0 Å². The first-order chi connectivity index (χ1) is 9.30. The zero-order chi connectivity index (χ0) is 13.7. The number of ether oxygens (including phenoxy) is 1. The average molecular weight is 280 g/mol. The maximum Gasteiger partial charge on any atom is 0.0507 e. The highest BCUT2D eigenvalue weighted by atomic mass is 32.2. The van der Waals surface area contributed by atoms with Gasteiger partial charge in [-0.2, -0.15) is 0 Å². The summed E-state index contributed by atoms with van der Waals surface area (Å²) in [7, 11) is 1.79. The van der Waals surface area contributed by atoms with Gasteiger partial charge in [0.25, 0.3) is 0 Å². The Kier molecular flexibility index (Phi) is 5.55. The van der Waals surface area contributed by atoms with Crippen LogP contribution in [-0.2, 0) is 11.3 Å². The van der Waals surface area contributed by atoms with Crippen molar-refractivity contribution in [2.24, 2.45) is 11.7 Å². The molecule has 1 aliphatic rings. The van der Waals surface area contributed by atoms with E-state index in [1.54, 1.807) is 18.9 Å². The van der Waals surface area contributed by atoms with Crippen molar-refractivity contribution in [3.8, 4) is 0 Å². The van der Waals surface area contributed by atoms with Crippen molar-refractivity contribution in [1.82, 2.24) is 0 Å². The van der Waals surface area contributed by atoms with E-state index in [9.17, 15) is 0 Å². The lowest BCUT2D eigenvalue weighted by Gasteiger charge is -2.35. The maximum absolute atomic E-state index is 5.96. The van der Waals surface area contributed by atoms with E-state index in [1.807, 2.05) is 0 Å². The number of hydrogen-bond donors (Lipinski definition) is 1. The number of nitrogens with two attached hydrogens (primary N) is 1. The Balaban J connectivity index is 2.20. The smallest absolute Gasteiger partial charge is 0.0507 e. The standard InChI is InChI=1S/C15H24N2OS/c1-18-11-12-5-4-8-17(10-12)14-6-3-7-15(19-2)13(14)9-16/h3,6-7,12H,4-5,8-11,16H2,1-2H3. The van der Waals surface area contributed by atoms with Gasteiger partial charge >= 0.3 is 0 Å². The van der Waals surface area contributed by atoms with Gasteiger partial charge < -0.3 is 15.4 Å². The van der Waals surface area contributed by atoms with Crippen LogP contribution in [0.1, 0.15) is 18.4 Å². The lowest BCUT2D eigenvalue weighted by atomic mass is 9.97. The lowest BCUT2D eigenvalue weighted by Crippen LogP contribution is -2.37. The van der Waals surface area contributed by atoms with Crippen LogP contribution in [-0.4, -0.2) is 33.1 Å². The highest BCUT2D eigenvalue weighted by Gasteiger charge is 2.22. The zero-order valence-corrected chi connectivity index (χ0v) is 12.7. The lowest BCUT2D eigenvalue weighted by molar-refractivity contribution is 0.143. The number of benzene rings is 1. The summed E-state index contributed by atoms with van der Waals surface area (Å²) >= 11 is 1.78. The molecule has 0 amide bonds. The summed E-state index contributed by atoms with van der Waals surface area (Å²) in [5.41, 5.74) is 8.56. The molecular weight excluding hydrogens is 256 g/mol. The molecule has 1 fully saturated rings. The monoisotopic (exact) mass is 280 g/mol. The normalized spacial score (nSPS) is 19.7. The van der Waals surface area contributed by atoms with Crippen molar-refractivity contribution in [3.05, 3.63) is 23.8 Å². The van der Waals surface area contributed by atoms with Gasteiger partial charge in [0.15, 0.2) is 0 Å². The minimum absolute atomic E-state index is 0.609. The van der Waals surface area contributed by atoms with Gasteiger partial charge in [0.05, 0.1) is 6.61 Å². The van der Waals surface area contributed by atoms with E-state index in [2.05, 4.69) is 29.4 Å². The number of anilines is 1. The largest absolute Gasteiger partial charge is 0.384 e. The topological polar surface area (TPSA) is 38.5 Å². The number of nitrogens with zero attached hydrogens (tertiary/aromatic N) is 1. The summed E-state index contributed by atoms with van der Waals surface area (Å²) in [5, 5.41) is 0. The summed E-state index contributed by atoms with van der Waals surface area (Å²) in [6.45, 7) is 3.68. The molecule has 0 saturated carbocycles. The van der Waals surface area contributed by atoms with Crippen molar-refractivity contribution in [2.45, 2.75) is 24.3 Å². The van der Waals surface area contributed by atoms with Crippen LogP contribution in [0.3, 0.4) is 0 Å². The molecule has 1 saturated heterocycles. The molecule has 0 aromatic heterocycles. The molecule has 3 nitrogen and oxygen atoms in total. The van der Waals surface area contributed by atoms with Gasteiger partial charge in [0.2, 0.25) is 0 Å². The van der Waals surface area contributed by atoms with Gasteiger partial charge in [-0.25, -0.2) is 0 Å². The van der Waals surface area contributed by atoms with E-state index in [4.69, 9.17) is 10.5 Å². The van der Waals surface area contributed by atoms with Gasteiger partial charge in [0.1, 0.15) is 0 Å². The van der Waals surface area contributed by atoms with E-state index >= 15 is 0 Å². The number of piperidine rings is 1. The molecule has 1 aromatic carbocycles. The first-order valence-electron chi connectivity index (χ1n) is 6.90. The van der Waals surface area contributed by atoms with Crippen LogP contribution in [0.15, 0.2) is 23.1 Å². The number of rotatable bonds is 5. The molecule has 106 valence electrons. The minimum atomic E-state index is 0.609. The third kappa shape index (κ3) is 3.44. The number of hydrogen-bond acceptors (Lipinski definition) is 4. The molecule has 2 N–H and O–H groups in total. The minimum Gasteiger partial charge on any atom is -0.384 e. The Labute approximate surface area is 120 Å². The second-order valence-corrected chi connectivity index (χ2v) is 5.92. The van der Waals surface area contributed by atoms with Gasteiger partial charge in [-0.1, -0.05) is 6.07 Å². The summed E-state index contributed by atoms with van der Waals surface area (Å²) < 4.78 is 5.31. The number of thioether (sulfide) groups is 1. The third-order valence-corrected chi connectivity index (χ3v) is 4.62. The van der Waals surface area contributed by atoms with E-state index in [-0.39, 0.29) is 0 Å². The van der Waals surface area contributed by atoms with Gasteiger partial charge in [-0.15, -0.1) is 11.8 Å². The average Bonchev–Trinajstić information content (AvgIpc) is 2.47. The fourth-order valence-electron chi connectivity index (χ4n) is 2.90. The number of methoxy groups -OCH3 is 1. The second-order valence-electron chi connectivity index (χ2n) is 5.07. The van der Waals surface area contributed by atoms with E-state index < -0.39 is 0 Å². The molecule has 2 rings (SSSR count). The quantitative estimate of drug-likeness (QED) is 0.842. The fourth-order valence-corrected chi connectivity index (χ4v) is 3.55. The summed E-state index contributed by atoms with van der Waals surface area (Å²) in [4.78, 5) is 3.78. The Morgan fingerprint density at radius 1 is 1.47 bits per heavy atom. The Bertz CT molecular complexity index is 409. The van der Waals surface area contributed by atoms with Crippen LogP contribution in [0.2, 0.25) is 0 Å². The molecule has 1 aromatic rings. The van der Waals surface area contributed by atoms with Crippen LogP contribution < -0.4 is 10.6 Å². The first-order valence-corrected chi connectivity index (χ1v) is 8.12. The third-order valence-electron chi connectivity index (χ3n) is 3.79. The van der Waals surface area contributed by atoms with E-state index in [0.29, 0.717) is 12.5 Å². The molecule has 0 radical (unpaired) electrons. The maximum atomic E-state index is 5.96. The van der Waals surface area contributed by atoms with Crippen molar-refractivity contribution in [2.75, 3.05) is 38.0 Å². The molecule has 0 bridgehead atoms. The molecule has 1 heterocycles. The summed E-state index contributed by atoms with van der Waals surface area (Å²) in [6, 6.07) is 6.50. The highest BCUT2D eigenvalue weighted by molar-refractivity contribution is 7.98. The molecule has 1 aliphatic heterocycles. The molecule has 4 heteroatoms. The molecule has 1 unspecified atom stereocenters. The predicted octanol–water partition coefficient (Wildman–Crippen LogP) is 2.73. The van der Waals surface area contributed by atoms with E-state index in [0.717, 1.165) is 19.7 Å². The fraction of sp³-hybridized carbons (Fsp3) is 0.600. The van der Waals surface area contributed by atoms with Crippen molar-refractivity contribution in [1.29, 1.82) is 0 Å². The molecule has 0 aliphatic carbocycles. The van der Waals surface area contributed by atoms with Crippen molar-refractivity contribution in [3.63, 3.8) is 0 Å². The summed E-state index contributed by atoms with van der Waals surface area (Å²) in [6.07, 6.45) is 4.62. The Morgan fingerprint density at radius 2 is 2.32 bits per heavy atom. The highest BCUT2D eigenvalue weighted by Crippen LogP contribution is 2.32. The Hall–Kier alpha value is -0.710. The van der Waals surface area contributed by atoms with Crippen LogP contribution >= 0.6 is 11.8 Å². The first kappa shape index (κ1) is 14.7. The molecular formula is C15H24N2OS. The molecule has 0 spiro atoms. The van der Waals surface area contributed by atoms with Crippen LogP contribution in [0.25, 0.3) is 0 Å². The molecule has 1 atom stereocenters. The van der Waals surface area contributed by atoms with Crippen LogP contribution in [0.5, 0.6) is 0 Å². The van der Waals surface area contributed by atoms with Gasteiger partial charge in [-0.3, -0.25) is 0 Å². The van der Waals surface area contributed by atoms with Gasteiger partial charge in [0, 0.05) is 42.9 Å². The van der Waals surface area contributed by atoms with Crippen LogP contribution in [0, 0.1) is 5.92 Å². The SMILES string of the molecule is COCC1CCCN(c2cccc(SC)c2CN)C1. The van der Waals surface area contributed by atoms with Crippen molar-refractivity contribution < 1.29 is 4.74 Å². The zero-order valence-electron chi connectivity index (χ0n) is 11.9. The second kappa shape index (κ2) is 7.17. The van der Waals surface area contributed by atoms with Gasteiger partial charge in [-0.05, 0) is 37.1 Å². The summed E-state index contributed by atoms with van der Waals surface area (Å²) in [5.74, 6) is 0.641.